The fourth-order valence-corrected chi connectivity index (χ4v) is 4.05. The van der Waals surface area contributed by atoms with E-state index in [1.165, 1.54) is 0 Å². The van der Waals surface area contributed by atoms with E-state index in [2.05, 4.69) is 0 Å². The summed E-state index contributed by atoms with van der Waals surface area (Å²) in [6.45, 7) is 0. The van der Waals surface area contributed by atoms with Crippen molar-refractivity contribution < 1.29 is 37.5 Å². The molecule has 0 aromatic rings. The van der Waals surface area contributed by atoms with Crippen LogP contribution in [0.25, 0.3) is 0 Å². The van der Waals surface area contributed by atoms with Crippen LogP contribution in [-0.4, -0.2) is 58.1 Å². The van der Waals surface area contributed by atoms with Gasteiger partial charge >= 0.3 is 17.1 Å². The molecule has 0 amide bonds. The second-order valence-electron chi connectivity index (χ2n) is 4.76. The van der Waals surface area contributed by atoms with Gasteiger partial charge in [-0.05, 0) is 75.5 Å². The van der Waals surface area contributed by atoms with E-state index in [0.717, 1.165) is 11.8 Å². The maximum Gasteiger partial charge on any atom is 2.00 e. The Morgan fingerprint density at radius 2 is 0.870 bits per heavy atom. The average Bonchev–Trinajstić information content (AvgIpc) is 3.25. The Bertz CT molecular complexity index is 235. The molecule has 0 aromatic carbocycles. The van der Waals surface area contributed by atoms with Crippen molar-refractivity contribution in [1.82, 2.24) is 0 Å². The number of aliphatic hydroxyl groups excluding tert-OH is 4. The third-order valence-corrected chi connectivity index (χ3v) is 6.33. The van der Waals surface area contributed by atoms with Crippen molar-refractivity contribution in [2.75, 3.05) is 37.7 Å². The molecule has 2 fully saturated rings. The molecular formula is C16H24FeO4P2+2. The van der Waals surface area contributed by atoms with Crippen LogP contribution in [-0.2, 0) is 17.1 Å². The molecule has 0 spiro atoms. The summed E-state index contributed by atoms with van der Waals surface area (Å²) in [5, 5.41) is 36.3. The molecule has 0 aliphatic heterocycles. The molecule has 0 bridgehead atoms. The fourth-order valence-electron chi connectivity index (χ4n) is 1.89. The second kappa shape index (κ2) is 15.5. The Balaban J connectivity index is 0.000000684. The average molecular weight is 398 g/mol. The van der Waals surface area contributed by atoms with Gasteiger partial charge in [0, 0.05) is 0 Å². The van der Waals surface area contributed by atoms with Crippen LogP contribution in [0, 0.1) is 63.2 Å². The van der Waals surface area contributed by atoms with Gasteiger partial charge in [-0.15, -0.1) is 0 Å². The zero-order chi connectivity index (χ0) is 16.2. The maximum atomic E-state index is 9.08. The third kappa shape index (κ3) is 10.1. The first-order chi connectivity index (χ1) is 10.7. The van der Waals surface area contributed by atoms with Gasteiger partial charge in [0.05, 0.1) is 25.4 Å². The summed E-state index contributed by atoms with van der Waals surface area (Å²) in [4.78, 5) is 0. The van der Waals surface area contributed by atoms with Crippen LogP contribution in [0.5, 0.6) is 0 Å². The minimum Gasteiger partial charge on any atom is -0.392 e. The van der Waals surface area contributed by atoms with Gasteiger partial charge in [-0.25, -0.2) is 0 Å². The van der Waals surface area contributed by atoms with E-state index in [1.54, 1.807) is 0 Å². The SMILES string of the molecule is OCP(CO)C[C]1[CH][CH][CH][C]1CP(CO)CO.[CH]1[CH][CH][CH][CH]1.[Fe+2]. The Labute approximate surface area is 154 Å². The molecule has 0 heterocycles. The van der Waals surface area contributed by atoms with Crippen molar-refractivity contribution >= 4 is 15.8 Å². The van der Waals surface area contributed by atoms with Gasteiger partial charge in [-0.2, -0.15) is 0 Å². The number of aliphatic hydroxyl groups is 4. The predicted molar refractivity (Wildman–Crippen MR) is 92.8 cm³/mol. The largest absolute Gasteiger partial charge is 2.00 e. The Hall–Kier alpha value is 1.22. The molecule has 2 aliphatic rings. The summed E-state index contributed by atoms with van der Waals surface area (Å²) >= 11 is 0. The minimum absolute atomic E-state index is 0. The van der Waals surface area contributed by atoms with Crippen molar-refractivity contribution in [2.24, 2.45) is 0 Å². The van der Waals surface area contributed by atoms with Crippen molar-refractivity contribution in [3.63, 3.8) is 0 Å². The molecule has 0 saturated heterocycles. The molecule has 0 aromatic heterocycles. The summed E-state index contributed by atoms with van der Waals surface area (Å²) in [6.07, 6.45) is 17.4. The van der Waals surface area contributed by atoms with Crippen LogP contribution in [0.15, 0.2) is 0 Å². The molecule has 0 atom stereocenters. The number of rotatable bonds is 8. The van der Waals surface area contributed by atoms with E-state index < -0.39 is 15.8 Å². The molecule has 7 heteroatoms. The molecule has 2 saturated carbocycles. The predicted octanol–water partition coefficient (Wildman–Crippen LogP) is 1.54. The summed E-state index contributed by atoms with van der Waals surface area (Å²) in [5.74, 6) is 2.24. The summed E-state index contributed by atoms with van der Waals surface area (Å²) in [5.41, 5.74) is 0. The maximum absolute atomic E-state index is 9.08. The fraction of sp³-hybridized carbons (Fsp3) is 0.375. The van der Waals surface area contributed by atoms with Crippen LogP contribution in [0.4, 0.5) is 0 Å². The Kier molecular flexibility index (Phi) is 16.3. The molecule has 2 aliphatic carbocycles. The quantitative estimate of drug-likeness (QED) is 0.370. The zero-order valence-corrected chi connectivity index (χ0v) is 15.8. The third-order valence-electron chi connectivity index (χ3n) is 3.15. The monoisotopic (exact) mass is 398 g/mol. The van der Waals surface area contributed by atoms with Crippen molar-refractivity contribution in [1.29, 1.82) is 0 Å². The number of hydrogen-bond donors (Lipinski definition) is 4. The van der Waals surface area contributed by atoms with Crippen molar-refractivity contribution in [3.05, 3.63) is 63.2 Å². The van der Waals surface area contributed by atoms with E-state index in [9.17, 15) is 0 Å². The summed E-state index contributed by atoms with van der Waals surface area (Å²) in [7, 11) is -1.53. The minimum atomic E-state index is -0.763. The molecule has 4 N–H and O–H groups in total. The standard InChI is InChI=1S/C11H19O4P2.C5H5.Fe/c12-6-16(7-13)4-10-2-1-3-11(10)5-17(8-14)9-15;1-2-4-5-3-1;/h1-3,12-15H,4-9H2;1-5H;/q;;+2. The van der Waals surface area contributed by atoms with E-state index in [4.69, 9.17) is 20.4 Å². The zero-order valence-electron chi connectivity index (χ0n) is 12.9. The van der Waals surface area contributed by atoms with Gasteiger partial charge in [0.25, 0.3) is 0 Å². The smallest absolute Gasteiger partial charge is 0.392 e. The molecule has 0 unspecified atom stereocenters. The molecule has 23 heavy (non-hydrogen) atoms. The van der Waals surface area contributed by atoms with Crippen molar-refractivity contribution in [3.8, 4) is 0 Å². The normalized spacial score (nSPS) is 19.0. The van der Waals surface area contributed by atoms with Gasteiger partial charge in [-0.1, -0.05) is 15.8 Å². The van der Waals surface area contributed by atoms with Crippen LogP contribution in [0.3, 0.4) is 0 Å². The van der Waals surface area contributed by atoms with Gasteiger partial charge < -0.3 is 20.4 Å². The molecule has 10 radical (unpaired) electrons. The van der Waals surface area contributed by atoms with Crippen LogP contribution >= 0.6 is 15.8 Å². The molecular weight excluding hydrogens is 374 g/mol. The van der Waals surface area contributed by atoms with Gasteiger partial charge in [0.2, 0.25) is 0 Å². The Morgan fingerprint density at radius 3 is 1.13 bits per heavy atom. The van der Waals surface area contributed by atoms with Gasteiger partial charge in [-0.3, -0.25) is 0 Å². The topological polar surface area (TPSA) is 80.9 Å². The van der Waals surface area contributed by atoms with Gasteiger partial charge in [0.15, 0.2) is 0 Å². The second-order valence-corrected chi connectivity index (χ2v) is 9.21. The number of hydrogen-bond acceptors (Lipinski definition) is 4. The first kappa shape index (κ1) is 24.2. The van der Waals surface area contributed by atoms with E-state index in [-0.39, 0.29) is 42.5 Å². The van der Waals surface area contributed by atoms with Crippen molar-refractivity contribution in [2.45, 2.75) is 0 Å². The van der Waals surface area contributed by atoms with Crippen LogP contribution in [0.1, 0.15) is 0 Å². The first-order valence-corrected chi connectivity index (χ1v) is 10.8. The van der Waals surface area contributed by atoms with E-state index in [1.807, 2.05) is 51.4 Å². The first-order valence-electron chi connectivity index (χ1n) is 7.03. The molecule has 4 nitrogen and oxygen atoms in total. The Morgan fingerprint density at radius 1 is 0.565 bits per heavy atom. The van der Waals surface area contributed by atoms with E-state index in [0.29, 0.717) is 12.3 Å². The van der Waals surface area contributed by atoms with Crippen LogP contribution in [0.2, 0.25) is 0 Å². The molecule has 2 rings (SSSR count). The van der Waals surface area contributed by atoms with E-state index >= 15 is 0 Å². The van der Waals surface area contributed by atoms with Crippen LogP contribution < -0.4 is 0 Å². The summed E-state index contributed by atoms with van der Waals surface area (Å²) in [6, 6.07) is 0. The molecule has 128 valence electrons. The summed E-state index contributed by atoms with van der Waals surface area (Å²) < 4.78 is 0. The van der Waals surface area contributed by atoms with Gasteiger partial charge in [0.1, 0.15) is 0 Å².